The number of nitrogens with one attached hydrogen (secondary N) is 1. The van der Waals surface area contributed by atoms with Crippen molar-refractivity contribution in [3.63, 3.8) is 0 Å². The van der Waals surface area contributed by atoms with Crippen LogP contribution in [0.4, 0.5) is 0 Å². The number of hydrogen-bond acceptors (Lipinski definition) is 6. The molecule has 7 heteroatoms. The van der Waals surface area contributed by atoms with Crippen molar-refractivity contribution in [2.24, 2.45) is 23.7 Å². The molecule has 3 atom stereocenters. The van der Waals surface area contributed by atoms with Gasteiger partial charge in [-0.15, -0.1) is 0 Å². The highest BCUT2D eigenvalue weighted by Crippen LogP contribution is 2.32. The zero-order valence-electron chi connectivity index (χ0n) is 24.6. The van der Waals surface area contributed by atoms with Crippen molar-refractivity contribution < 1.29 is 29.2 Å². The maximum Gasteiger partial charge on any atom is 0.223 e. The van der Waals surface area contributed by atoms with Gasteiger partial charge >= 0.3 is 0 Å². The van der Waals surface area contributed by atoms with Crippen LogP contribution in [0.25, 0.3) is 0 Å². The predicted octanol–water partition coefficient (Wildman–Crippen LogP) is 5.15. The SMILES string of the molecule is COCCCOc1cc(C[C@@H](CC[C@@H](O)C[C@H](C(=O)NCC2(O)CCCC2)C(C)C)C(C)C)ccc1OC. The maximum absolute atomic E-state index is 12.9. The first-order valence-corrected chi connectivity index (χ1v) is 14.5. The summed E-state index contributed by atoms with van der Waals surface area (Å²) < 4.78 is 16.5. The Morgan fingerprint density at radius 1 is 1.03 bits per heavy atom. The van der Waals surface area contributed by atoms with Gasteiger partial charge in [0.05, 0.1) is 25.4 Å². The summed E-state index contributed by atoms with van der Waals surface area (Å²) in [4.78, 5) is 12.9. The van der Waals surface area contributed by atoms with Gasteiger partial charge in [-0.2, -0.15) is 0 Å². The molecule has 0 saturated heterocycles. The minimum absolute atomic E-state index is 0.0592. The van der Waals surface area contributed by atoms with E-state index in [0.717, 1.165) is 56.4 Å². The van der Waals surface area contributed by atoms with Crippen LogP contribution in [0.5, 0.6) is 11.5 Å². The van der Waals surface area contributed by atoms with E-state index in [-0.39, 0.29) is 17.7 Å². The summed E-state index contributed by atoms with van der Waals surface area (Å²) >= 11 is 0. The van der Waals surface area contributed by atoms with Crippen molar-refractivity contribution in [3.05, 3.63) is 23.8 Å². The molecule has 1 aromatic carbocycles. The topological polar surface area (TPSA) is 97.2 Å². The second-order valence-corrected chi connectivity index (χ2v) is 11.9. The molecule has 1 aliphatic carbocycles. The normalized spacial score (nSPS) is 17.4. The lowest BCUT2D eigenvalue weighted by Crippen LogP contribution is -2.44. The van der Waals surface area contributed by atoms with Gasteiger partial charge in [-0.25, -0.2) is 0 Å². The molecule has 0 aromatic heterocycles. The molecule has 3 N–H and O–H groups in total. The maximum atomic E-state index is 12.9. The summed E-state index contributed by atoms with van der Waals surface area (Å²) in [6.07, 6.45) is 6.63. The van der Waals surface area contributed by atoms with Gasteiger partial charge < -0.3 is 29.7 Å². The van der Waals surface area contributed by atoms with Gasteiger partial charge in [0.1, 0.15) is 0 Å². The van der Waals surface area contributed by atoms with E-state index in [1.807, 2.05) is 19.9 Å². The van der Waals surface area contributed by atoms with E-state index >= 15 is 0 Å². The quantitative estimate of drug-likeness (QED) is 0.225. The summed E-state index contributed by atoms with van der Waals surface area (Å²) in [5.41, 5.74) is 0.418. The third kappa shape index (κ3) is 10.7. The van der Waals surface area contributed by atoms with Crippen LogP contribution in [0.1, 0.15) is 84.6 Å². The second-order valence-electron chi connectivity index (χ2n) is 11.9. The Balaban J connectivity index is 1.92. The van der Waals surface area contributed by atoms with E-state index in [1.165, 1.54) is 5.56 Å². The fourth-order valence-corrected chi connectivity index (χ4v) is 5.41. The van der Waals surface area contributed by atoms with E-state index in [9.17, 15) is 15.0 Å². The molecular formula is C31H53NO6. The second kappa shape index (κ2) is 16.3. The molecule has 0 spiro atoms. The molecule has 0 bridgehead atoms. The lowest BCUT2D eigenvalue weighted by Gasteiger charge is -2.28. The highest BCUT2D eigenvalue weighted by Gasteiger charge is 2.33. The van der Waals surface area contributed by atoms with Gasteiger partial charge in [0, 0.05) is 32.6 Å². The van der Waals surface area contributed by atoms with Crippen LogP contribution in [0, 0.1) is 23.7 Å². The fraction of sp³-hybridized carbons (Fsp3) is 0.774. The Morgan fingerprint density at radius 2 is 1.74 bits per heavy atom. The van der Waals surface area contributed by atoms with Gasteiger partial charge in [0.25, 0.3) is 0 Å². The number of aliphatic hydroxyl groups excluding tert-OH is 1. The number of aliphatic hydroxyl groups is 2. The van der Waals surface area contributed by atoms with Gasteiger partial charge in [-0.3, -0.25) is 4.79 Å². The number of amides is 1. The Morgan fingerprint density at radius 3 is 2.34 bits per heavy atom. The fourth-order valence-electron chi connectivity index (χ4n) is 5.41. The Bertz CT molecular complexity index is 821. The molecule has 0 aliphatic heterocycles. The van der Waals surface area contributed by atoms with Crippen LogP contribution < -0.4 is 14.8 Å². The number of methoxy groups -OCH3 is 2. The molecule has 0 heterocycles. The van der Waals surface area contributed by atoms with Gasteiger partial charge in [-0.1, -0.05) is 46.6 Å². The minimum Gasteiger partial charge on any atom is -0.493 e. The standard InChI is InChI=1S/C31H53NO6/c1-22(2)25(18-24-10-13-28(37-6)29(19-24)38-17-9-16-36-5)11-12-26(33)20-27(23(3)4)30(34)32-21-31(35)14-7-8-15-31/h10,13,19,22-23,25-27,33,35H,7-9,11-12,14-18,20-21H2,1-6H3,(H,32,34)/t25-,26-,27+/m1/s1. The molecule has 0 unspecified atom stereocenters. The number of ether oxygens (including phenoxy) is 3. The average molecular weight is 536 g/mol. The highest BCUT2D eigenvalue weighted by molar-refractivity contribution is 5.79. The third-order valence-electron chi connectivity index (χ3n) is 8.08. The lowest BCUT2D eigenvalue weighted by molar-refractivity contribution is -0.128. The van der Waals surface area contributed by atoms with E-state index in [2.05, 4.69) is 31.3 Å². The molecule has 1 aromatic rings. The lowest BCUT2D eigenvalue weighted by atomic mass is 9.82. The smallest absolute Gasteiger partial charge is 0.223 e. The van der Waals surface area contributed by atoms with Crippen molar-refractivity contribution in [2.75, 3.05) is 34.0 Å². The zero-order valence-corrected chi connectivity index (χ0v) is 24.6. The van der Waals surface area contributed by atoms with Crippen LogP contribution >= 0.6 is 0 Å². The molecule has 1 aliphatic rings. The summed E-state index contributed by atoms with van der Waals surface area (Å²) in [7, 11) is 3.33. The summed E-state index contributed by atoms with van der Waals surface area (Å²) in [6.45, 7) is 10.0. The monoisotopic (exact) mass is 535 g/mol. The number of hydrogen-bond donors (Lipinski definition) is 3. The molecule has 1 amide bonds. The molecule has 1 fully saturated rings. The van der Waals surface area contributed by atoms with E-state index < -0.39 is 11.7 Å². The first kappa shape index (κ1) is 32.4. The van der Waals surface area contributed by atoms with Crippen molar-refractivity contribution in [2.45, 2.75) is 97.2 Å². The van der Waals surface area contributed by atoms with Gasteiger partial charge in [0.2, 0.25) is 5.91 Å². The highest BCUT2D eigenvalue weighted by atomic mass is 16.5. The van der Waals surface area contributed by atoms with Gasteiger partial charge in [0.15, 0.2) is 11.5 Å². The Hall–Kier alpha value is -1.83. The Kier molecular flexibility index (Phi) is 13.9. The summed E-state index contributed by atoms with van der Waals surface area (Å²) in [5.74, 6) is 2.10. The third-order valence-corrected chi connectivity index (χ3v) is 8.08. The molecule has 218 valence electrons. The number of rotatable bonds is 18. The number of benzene rings is 1. The minimum atomic E-state index is -0.767. The summed E-state index contributed by atoms with van der Waals surface area (Å²) in [5, 5.41) is 24.5. The van der Waals surface area contributed by atoms with Crippen LogP contribution in [-0.2, 0) is 16.0 Å². The van der Waals surface area contributed by atoms with Crippen molar-refractivity contribution in [1.29, 1.82) is 0 Å². The molecule has 1 saturated carbocycles. The van der Waals surface area contributed by atoms with E-state index in [4.69, 9.17) is 14.2 Å². The number of carbonyl (C=O) groups excluding carboxylic acids is 1. The van der Waals surface area contributed by atoms with Crippen molar-refractivity contribution in [1.82, 2.24) is 5.32 Å². The average Bonchev–Trinajstić information content (AvgIpc) is 3.32. The van der Waals surface area contributed by atoms with Crippen LogP contribution in [0.3, 0.4) is 0 Å². The van der Waals surface area contributed by atoms with Crippen LogP contribution in [0.15, 0.2) is 18.2 Å². The van der Waals surface area contributed by atoms with Crippen LogP contribution in [-0.4, -0.2) is 61.8 Å². The molecule has 2 rings (SSSR count). The van der Waals surface area contributed by atoms with E-state index in [0.29, 0.717) is 44.4 Å². The van der Waals surface area contributed by atoms with Crippen molar-refractivity contribution in [3.8, 4) is 11.5 Å². The summed E-state index contributed by atoms with van der Waals surface area (Å²) in [6, 6.07) is 6.11. The molecular weight excluding hydrogens is 482 g/mol. The predicted molar refractivity (Wildman–Crippen MR) is 152 cm³/mol. The van der Waals surface area contributed by atoms with Crippen LogP contribution in [0.2, 0.25) is 0 Å². The largest absolute Gasteiger partial charge is 0.493 e. The molecule has 0 radical (unpaired) electrons. The zero-order chi connectivity index (χ0) is 28.1. The first-order chi connectivity index (χ1) is 18.1. The molecule has 38 heavy (non-hydrogen) atoms. The molecule has 7 nitrogen and oxygen atoms in total. The van der Waals surface area contributed by atoms with E-state index in [1.54, 1.807) is 14.2 Å². The first-order valence-electron chi connectivity index (χ1n) is 14.5. The van der Waals surface area contributed by atoms with Gasteiger partial charge in [-0.05, 0) is 74.0 Å². The van der Waals surface area contributed by atoms with Crippen molar-refractivity contribution >= 4 is 5.91 Å². The number of carbonyl (C=O) groups is 1. The Labute approximate surface area is 230 Å².